The monoisotopic (exact) mass is 262 g/mol. The first-order valence-corrected chi connectivity index (χ1v) is 6.48. The van der Waals surface area contributed by atoms with Crippen molar-refractivity contribution in [3.05, 3.63) is 71.4 Å². The molecule has 20 heavy (non-hydrogen) atoms. The number of benzene rings is 2. The van der Waals surface area contributed by atoms with E-state index in [0.29, 0.717) is 12.1 Å². The van der Waals surface area contributed by atoms with Gasteiger partial charge in [-0.2, -0.15) is 5.26 Å². The summed E-state index contributed by atoms with van der Waals surface area (Å²) >= 11 is 0. The maximum atomic E-state index is 9.36. The lowest BCUT2D eigenvalue weighted by atomic mass is 10.1. The van der Waals surface area contributed by atoms with Crippen LogP contribution in [0.4, 0.5) is 0 Å². The third-order valence-corrected chi connectivity index (χ3v) is 3.48. The minimum absolute atomic E-state index is 0.0469. The van der Waals surface area contributed by atoms with Crippen LogP contribution < -0.4 is 0 Å². The summed E-state index contributed by atoms with van der Waals surface area (Å²) in [5, 5.41) is 19.4. The zero-order valence-electron chi connectivity index (χ0n) is 11.0. The summed E-state index contributed by atoms with van der Waals surface area (Å²) in [6.45, 7) is 0.763. The first-order chi connectivity index (χ1) is 9.81. The second kappa shape index (κ2) is 5.20. The highest BCUT2D eigenvalue weighted by molar-refractivity contribution is 5.83. The van der Waals surface area contributed by atoms with E-state index in [1.807, 2.05) is 48.7 Å². The van der Waals surface area contributed by atoms with Crippen molar-refractivity contribution in [2.24, 2.45) is 0 Å². The SMILES string of the molecule is N#Cc1cccc(Cn2ccc3c(CO)cccc32)c1. The molecule has 2 aromatic carbocycles. The van der Waals surface area contributed by atoms with Crippen LogP contribution in [0.3, 0.4) is 0 Å². The van der Waals surface area contributed by atoms with Crippen LogP contribution in [0.15, 0.2) is 54.7 Å². The Hall–Kier alpha value is -2.57. The molecule has 0 spiro atoms. The Labute approximate surface area is 117 Å². The first-order valence-electron chi connectivity index (χ1n) is 6.48. The fourth-order valence-electron chi connectivity index (χ4n) is 2.50. The molecule has 3 heteroatoms. The number of hydrogen-bond donors (Lipinski definition) is 1. The van der Waals surface area contributed by atoms with Gasteiger partial charge < -0.3 is 9.67 Å². The molecule has 0 radical (unpaired) electrons. The number of aromatic nitrogens is 1. The summed E-state index contributed by atoms with van der Waals surface area (Å²) in [5.41, 5.74) is 3.80. The Morgan fingerprint density at radius 2 is 1.95 bits per heavy atom. The van der Waals surface area contributed by atoms with E-state index in [9.17, 15) is 5.11 Å². The van der Waals surface area contributed by atoms with E-state index in [1.165, 1.54) is 0 Å². The number of aliphatic hydroxyl groups is 1. The van der Waals surface area contributed by atoms with Gasteiger partial charge in [0.1, 0.15) is 0 Å². The molecule has 0 saturated heterocycles. The fraction of sp³-hybridized carbons (Fsp3) is 0.118. The smallest absolute Gasteiger partial charge is 0.0991 e. The minimum Gasteiger partial charge on any atom is -0.392 e. The Bertz CT molecular complexity index is 796. The molecule has 1 N–H and O–H groups in total. The molecule has 3 nitrogen and oxygen atoms in total. The first kappa shape index (κ1) is 12.5. The van der Waals surface area contributed by atoms with Crippen molar-refractivity contribution in [2.75, 3.05) is 0 Å². The molecule has 0 atom stereocenters. The predicted octanol–water partition coefficient (Wildman–Crippen LogP) is 3.05. The Balaban J connectivity index is 2.01. The van der Waals surface area contributed by atoms with E-state index in [4.69, 9.17) is 5.26 Å². The van der Waals surface area contributed by atoms with Crippen LogP contribution >= 0.6 is 0 Å². The van der Waals surface area contributed by atoms with Gasteiger partial charge in [-0.15, -0.1) is 0 Å². The topological polar surface area (TPSA) is 49.0 Å². The maximum absolute atomic E-state index is 9.36. The number of aliphatic hydroxyl groups excluding tert-OH is 1. The van der Waals surface area contributed by atoms with Crippen molar-refractivity contribution in [3.8, 4) is 6.07 Å². The molecule has 3 aromatic rings. The summed E-state index contributed by atoms with van der Waals surface area (Å²) in [6.07, 6.45) is 2.02. The van der Waals surface area contributed by atoms with Gasteiger partial charge in [0.15, 0.2) is 0 Å². The van der Waals surface area contributed by atoms with Gasteiger partial charge in [0.05, 0.1) is 18.2 Å². The average molecular weight is 262 g/mol. The minimum atomic E-state index is 0.0469. The maximum Gasteiger partial charge on any atom is 0.0991 e. The molecule has 98 valence electrons. The fourth-order valence-corrected chi connectivity index (χ4v) is 2.50. The van der Waals surface area contributed by atoms with Gasteiger partial charge in [0.25, 0.3) is 0 Å². The van der Waals surface area contributed by atoms with Gasteiger partial charge in [-0.05, 0) is 35.4 Å². The molecule has 0 amide bonds. The molecule has 0 unspecified atom stereocenters. The van der Waals surface area contributed by atoms with Crippen LogP contribution in [-0.4, -0.2) is 9.67 Å². The molecular weight excluding hydrogens is 248 g/mol. The highest BCUT2D eigenvalue weighted by Gasteiger charge is 2.05. The van der Waals surface area contributed by atoms with Crippen LogP contribution in [0.25, 0.3) is 10.9 Å². The van der Waals surface area contributed by atoms with E-state index < -0.39 is 0 Å². The third-order valence-electron chi connectivity index (χ3n) is 3.48. The van der Waals surface area contributed by atoms with Crippen molar-refractivity contribution in [1.29, 1.82) is 5.26 Å². The number of nitrogens with zero attached hydrogens (tertiary/aromatic N) is 2. The van der Waals surface area contributed by atoms with Gasteiger partial charge in [0, 0.05) is 23.6 Å². The largest absolute Gasteiger partial charge is 0.392 e. The Morgan fingerprint density at radius 3 is 2.75 bits per heavy atom. The second-order valence-electron chi connectivity index (χ2n) is 4.76. The summed E-state index contributed by atoms with van der Waals surface area (Å²) in [4.78, 5) is 0. The lowest BCUT2D eigenvalue weighted by Gasteiger charge is -2.07. The van der Waals surface area contributed by atoms with Gasteiger partial charge >= 0.3 is 0 Å². The summed E-state index contributed by atoms with van der Waals surface area (Å²) in [7, 11) is 0. The Kier molecular flexibility index (Phi) is 3.24. The second-order valence-corrected chi connectivity index (χ2v) is 4.76. The molecule has 0 saturated carbocycles. The van der Waals surface area contributed by atoms with Crippen molar-refractivity contribution in [1.82, 2.24) is 4.57 Å². The standard InChI is InChI=1S/C17H14N2O/c18-10-13-3-1-4-14(9-13)11-19-8-7-16-15(12-20)5-2-6-17(16)19/h1-9,20H,11-12H2. The van der Waals surface area contributed by atoms with E-state index in [-0.39, 0.29) is 6.61 Å². The van der Waals surface area contributed by atoms with E-state index in [2.05, 4.69) is 10.6 Å². The van der Waals surface area contributed by atoms with Crippen LogP contribution in [0, 0.1) is 11.3 Å². The van der Waals surface area contributed by atoms with Crippen molar-refractivity contribution in [3.63, 3.8) is 0 Å². The van der Waals surface area contributed by atoms with Gasteiger partial charge in [0.2, 0.25) is 0 Å². The zero-order valence-corrected chi connectivity index (χ0v) is 11.0. The van der Waals surface area contributed by atoms with Gasteiger partial charge in [-0.25, -0.2) is 0 Å². The average Bonchev–Trinajstić information content (AvgIpc) is 2.90. The highest BCUT2D eigenvalue weighted by atomic mass is 16.3. The van der Waals surface area contributed by atoms with E-state index in [0.717, 1.165) is 22.0 Å². The lowest BCUT2D eigenvalue weighted by molar-refractivity contribution is 0.283. The van der Waals surface area contributed by atoms with Crippen molar-refractivity contribution < 1.29 is 5.11 Å². The quantitative estimate of drug-likeness (QED) is 0.788. The summed E-state index contributed by atoms with van der Waals surface area (Å²) < 4.78 is 2.13. The molecule has 1 heterocycles. The molecule has 0 aliphatic rings. The molecular formula is C17H14N2O. The predicted molar refractivity (Wildman–Crippen MR) is 78.1 cm³/mol. The molecule has 0 fully saturated rings. The number of fused-ring (bicyclic) bond motifs is 1. The van der Waals surface area contributed by atoms with Crippen LogP contribution in [0.2, 0.25) is 0 Å². The van der Waals surface area contributed by atoms with Gasteiger partial charge in [-0.1, -0.05) is 24.3 Å². The van der Waals surface area contributed by atoms with Crippen molar-refractivity contribution in [2.45, 2.75) is 13.2 Å². The normalized spacial score (nSPS) is 10.6. The van der Waals surface area contributed by atoms with Crippen LogP contribution in [0.5, 0.6) is 0 Å². The Morgan fingerprint density at radius 1 is 1.10 bits per heavy atom. The molecule has 1 aromatic heterocycles. The van der Waals surface area contributed by atoms with Crippen LogP contribution in [0.1, 0.15) is 16.7 Å². The number of hydrogen-bond acceptors (Lipinski definition) is 2. The number of nitriles is 1. The van der Waals surface area contributed by atoms with Gasteiger partial charge in [-0.3, -0.25) is 0 Å². The molecule has 0 bridgehead atoms. The van der Waals surface area contributed by atoms with E-state index in [1.54, 1.807) is 6.07 Å². The zero-order chi connectivity index (χ0) is 13.9. The van der Waals surface area contributed by atoms with Crippen molar-refractivity contribution >= 4 is 10.9 Å². The molecule has 0 aliphatic carbocycles. The molecule has 0 aliphatic heterocycles. The number of rotatable bonds is 3. The highest BCUT2D eigenvalue weighted by Crippen LogP contribution is 2.21. The summed E-state index contributed by atoms with van der Waals surface area (Å²) in [5.74, 6) is 0. The summed E-state index contributed by atoms with van der Waals surface area (Å²) in [6, 6.07) is 17.7. The molecule has 3 rings (SSSR count). The van der Waals surface area contributed by atoms with E-state index >= 15 is 0 Å². The third kappa shape index (κ3) is 2.18. The lowest BCUT2D eigenvalue weighted by Crippen LogP contribution is -1.98. The van der Waals surface area contributed by atoms with Crippen LogP contribution in [-0.2, 0) is 13.2 Å².